The Hall–Kier alpha value is -1.42. The monoisotopic (exact) mass is 449 g/mol. The zero-order chi connectivity index (χ0) is 17.3. The van der Waals surface area contributed by atoms with Crippen molar-refractivity contribution in [2.45, 2.75) is 32.8 Å². The van der Waals surface area contributed by atoms with Crippen molar-refractivity contribution in [3.05, 3.63) is 23.9 Å². The fraction of sp³-hybridized carbons (Fsp3) is 0.562. The molecule has 0 unspecified atom stereocenters. The molecule has 0 bridgehead atoms. The highest BCUT2D eigenvalue weighted by atomic mass is 127. The van der Waals surface area contributed by atoms with Crippen LogP contribution in [-0.2, 0) is 9.53 Å². The van der Waals surface area contributed by atoms with Gasteiger partial charge in [-0.15, -0.1) is 24.0 Å². The van der Waals surface area contributed by atoms with E-state index in [-0.39, 0.29) is 35.5 Å². The van der Waals surface area contributed by atoms with Gasteiger partial charge in [0, 0.05) is 39.9 Å². The number of guanidine groups is 1. The summed E-state index contributed by atoms with van der Waals surface area (Å²) in [5.41, 5.74) is 0.769. The van der Waals surface area contributed by atoms with Crippen molar-refractivity contribution < 1.29 is 9.53 Å². The van der Waals surface area contributed by atoms with E-state index in [9.17, 15) is 4.79 Å². The van der Waals surface area contributed by atoms with Crippen LogP contribution in [0.4, 0.5) is 5.82 Å². The third-order valence-corrected chi connectivity index (χ3v) is 3.28. The van der Waals surface area contributed by atoms with Gasteiger partial charge >= 0.3 is 0 Å². The van der Waals surface area contributed by atoms with Gasteiger partial charge in [-0.2, -0.15) is 0 Å². The molecule has 1 aromatic rings. The van der Waals surface area contributed by atoms with Crippen LogP contribution >= 0.6 is 24.0 Å². The molecule has 1 rings (SSSR count). The summed E-state index contributed by atoms with van der Waals surface area (Å²) >= 11 is 0. The molecule has 0 fully saturated rings. The zero-order valence-electron chi connectivity index (χ0n) is 15.0. The number of methoxy groups -OCH3 is 1. The van der Waals surface area contributed by atoms with Crippen LogP contribution in [0.5, 0.6) is 0 Å². The number of pyridine rings is 1. The van der Waals surface area contributed by atoms with Crippen molar-refractivity contribution in [1.29, 1.82) is 0 Å². The minimum atomic E-state index is -0.286. The molecule has 0 aliphatic heterocycles. The average molecular weight is 449 g/mol. The first kappa shape index (κ1) is 22.6. The highest BCUT2D eigenvalue weighted by molar-refractivity contribution is 14.0. The van der Waals surface area contributed by atoms with Crippen LogP contribution < -0.4 is 16.0 Å². The molecule has 0 saturated heterocycles. The van der Waals surface area contributed by atoms with Crippen LogP contribution in [0.2, 0.25) is 0 Å². The van der Waals surface area contributed by atoms with Gasteiger partial charge in [-0.05, 0) is 32.4 Å². The topological polar surface area (TPSA) is 87.6 Å². The summed E-state index contributed by atoms with van der Waals surface area (Å²) in [5.74, 6) is 1.10. The molecule has 0 aliphatic carbocycles. The number of nitrogens with zero attached hydrogens (tertiary/aromatic N) is 2. The van der Waals surface area contributed by atoms with Gasteiger partial charge < -0.3 is 20.7 Å². The first-order valence-electron chi connectivity index (χ1n) is 7.58. The Morgan fingerprint density at radius 2 is 2.04 bits per heavy atom. The summed E-state index contributed by atoms with van der Waals surface area (Å²) in [6.45, 7) is 7.00. The Balaban J connectivity index is 0.00000529. The Morgan fingerprint density at radius 1 is 1.33 bits per heavy atom. The summed E-state index contributed by atoms with van der Waals surface area (Å²) in [7, 11) is 3.35. The molecular formula is C16H28IN5O2. The van der Waals surface area contributed by atoms with Crippen LogP contribution in [0.15, 0.2) is 23.3 Å². The Kier molecular flexibility index (Phi) is 10.5. The van der Waals surface area contributed by atoms with E-state index in [2.05, 4.69) is 25.9 Å². The lowest BCUT2D eigenvalue weighted by atomic mass is 10.1. The van der Waals surface area contributed by atoms with Crippen molar-refractivity contribution >= 4 is 41.7 Å². The molecule has 1 amide bonds. The summed E-state index contributed by atoms with van der Waals surface area (Å²) in [6, 6.07) is 3.69. The van der Waals surface area contributed by atoms with E-state index in [1.807, 2.05) is 26.8 Å². The van der Waals surface area contributed by atoms with Crippen LogP contribution in [0, 0.1) is 6.92 Å². The Morgan fingerprint density at radius 3 is 2.58 bits per heavy atom. The molecule has 8 heteroatoms. The van der Waals surface area contributed by atoms with Crippen molar-refractivity contribution in [3.63, 3.8) is 0 Å². The normalized spacial score (nSPS) is 11.5. The number of hydrogen-bond donors (Lipinski definition) is 3. The zero-order valence-corrected chi connectivity index (χ0v) is 17.3. The molecule has 3 N–H and O–H groups in total. The van der Waals surface area contributed by atoms with Gasteiger partial charge in [0.25, 0.3) is 0 Å². The third-order valence-electron chi connectivity index (χ3n) is 3.28. The number of amides is 1. The van der Waals surface area contributed by atoms with E-state index in [0.29, 0.717) is 31.3 Å². The standard InChI is InChI=1S/C16H27N5O2.HI/c1-12-6-7-13(19-10-12)21-14(22)8-9-18-15(17-4)20-11-16(2,3)23-5;/h6-7,10H,8-9,11H2,1-5H3,(H2,17,18,20)(H,19,21,22);1H. The molecule has 0 spiro atoms. The molecule has 0 atom stereocenters. The number of aliphatic imine (C=N–C) groups is 1. The van der Waals surface area contributed by atoms with Crippen molar-refractivity contribution in [2.75, 3.05) is 32.6 Å². The molecule has 0 aliphatic rings. The first-order valence-corrected chi connectivity index (χ1v) is 7.58. The molecule has 0 radical (unpaired) electrons. The number of nitrogens with one attached hydrogen (secondary N) is 3. The van der Waals surface area contributed by atoms with E-state index in [1.165, 1.54) is 0 Å². The number of aryl methyl sites for hydroxylation is 1. The van der Waals surface area contributed by atoms with E-state index in [4.69, 9.17) is 4.74 Å². The third kappa shape index (κ3) is 9.02. The lowest BCUT2D eigenvalue weighted by molar-refractivity contribution is -0.116. The number of hydrogen-bond acceptors (Lipinski definition) is 4. The number of rotatable bonds is 7. The molecule has 0 saturated carbocycles. The second-order valence-electron chi connectivity index (χ2n) is 5.84. The van der Waals surface area contributed by atoms with E-state index in [1.54, 1.807) is 26.4 Å². The number of carbonyl (C=O) groups is 1. The molecule has 0 aromatic carbocycles. The molecule has 1 aromatic heterocycles. The molecular weight excluding hydrogens is 421 g/mol. The highest BCUT2D eigenvalue weighted by Crippen LogP contribution is 2.05. The van der Waals surface area contributed by atoms with E-state index >= 15 is 0 Å². The molecule has 24 heavy (non-hydrogen) atoms. The van der Waals surface area contributed by atoms with Crippen LogP contribution in [0.25, 0.3) is 0 Å². The number of aromatic nitrogens is 1. The lowest BCUT2D eigenvalue weighted by Crippen LogP contribution is -2.45. The lowest BCUT2D eigenvalue weighted by Gasteiger charge is -2.24. The Labute approximate surface area is 161 Å². The van der Waals surface area contributed by atoms with Crippen LogP contribution in [-0.4, -0.2) is 49.7 Å². The predicted octanol–water partition coefficient (Wildman–Crippen LogP) is 1.93. The summed E-state index contributed by atoms with van der Waals surface area (Å²) in [4.78, 5) is 20.1. The van der Waals surface area contributed by atoms with Gasteiger partial charge in [0.15, 0.2) is 5.96 Å². The SMILES string of the molecule is CN=C(NCCC(=O)Nc1ccc(C)cn1)NCC(C)(C)OC.I. The molecule has 7 nitrogen and oxygen atoms in total. The summed E-state index contributed by atoms with van der Waals surface area (Å²) in [6.07, 6.45) is 2.04. The van der Waals surface area contributed by atoms with Crippen LogP contribution in [0.1, 0.15) is 25.8 Å². The summed E-state index contributed by atoms with van der Waals surface area (Å²) < 4.78 is 5.33. The Bertz CT molecular complexity index is 532. The largest absolute Gasteiger partial charge is 0.377 e. The fourth-order valence-corrected chi connectivity index (χ4v) is 1.63. The molecule has 136 valence electrons. The average Bonchev–Trinajstić information content (AvgIpc) is 2.53. The smallest absolute Gasteiger partial charge is 0.227 e. The van der Waals surface area contributed by atoms with E-state index in [0.717, 1.165) is 5.56 Å². The van der Waals surface area contributed by atoms with Gasteiger partial charge in [0.1, 0.15) is 5.82 Å². The quantitative estimate of drug-likeness (QED) is 0.337. The second-order valence-corrected chi connectivity index (χ2v) is 5.84. The minimum absolute atomic E-state index is 0. The van der Waals surface area contributed by atoms with Gasteiger partial charge in [-0.1, -0.05) is 6.07 Å². The van der Waals surface area contributed by atoms with Crippen molar-refractivity contribution in [1.82, 2.24) is 15.6 Å². The van der Waals surface area contributed by atoms with Gasteiger partial charge in [-0.25, -0.2) is 4.98 Å². The van der Waals surface area contributed by atoms with Gasteiger partial charge in [0.05, 0.1) is 5.60 Å². The highest BCUT2D eigenvalue weighted by Gasteiger charge is 2.16. The van der Waals surface area contributed by atoms with Crippen molar-refractivity contribution in [3.8, 4) is 0 Å². The number of carbonyl (C=O) groups excluding carboxylic acids is 1. The maximum atomic E-state index is 11.9. The second kappa shape index (κ2) is 11.2. The number of anilines is 1. The van der Waals surface area contributed by atoms with Crippen molar-refractivity contribution in [2.24, 2.45) is 4.99 Å². The minimum Gasteiger partial charge on any atom is -0.377 e. The van der Waals surface area contributed by atoms with Crippen LogP contribution in [0.3, 0.4) is 0 Å². The van der Waals surface area contributed by atoms with E-state index < -0.39 is 0 Å². The summed E-state index contributed by atoms with van der Waals surface area (Å²) in [5, 5.41) is 9.01. The first-order chi connectivity index (χ1) is 10.9. The van der Waals surface area contributed by atoms with Gasteiger partial charge in [-0.3, -0.25) is 9.79 Å². The number of ether oxygens (including phenoxy) is 1. The van der Waals surface area contributed by atoms with Gasteiger partial charge in [0.2, 0.25) is 5.91 Å². The maximum absolute atomic E-state index is 11.9. The molecule has 1 heterocycles. The fourth-order valence-electron chi connectivity index (χ4n) is 1.63. The number of halogens is 1. The maximum Gasteiger partial charge on any atom is 0.227 e. The predicted molar refractivity (Wildman–Crippen MR) is 108 cm³/mol.